The highest BCUT2D eigenvalue weighted by molar-refractivity contribution is 6.35. The summed E-state index contributed by atoms with van der Waals surface area (Å²) in [5, 5.41) is 0.965. The van der Waals surface area contributed by atoms with Crippen molar-refractivity contribution in [3.63, 3.8) is 0 Å². The Morgan fingerprint density at radius 3 is 2.26 bits per heavy atom. The molecule has 98 valence electrons. The van der Waals surface area contributed by atoms with Crippen molar-refractivity contribution in [2.24, 2.45) is 0 Å². The molecular formula is C16H14Cl2O. The van der Waals surface area contributed by atoms with Gasteiger partial charge in [0.25, 0.3) is 0 Å². The van der Waals surface area contributed by atoms with Gasteiger partial charge in [-0.05, 0) is 37.6 Å². The van der Waals surface area contributed by atoms with Crippen LogP contribution in [0, 0.1) is 13.8 Å². The summed E-state index contributed by atoms with van der Waals surface area (Å²) >= 11 is 11.9. The number of ketones is 1. The smallest absolute Gasteiger partial charge is 0.168 e. The van der Waals surface area contributed by atoms with Crippen LogP contribution in [0.3, 0.4) is 0 Å². The van der Waals surface area contributed by atoms with Crippen molar-refractivity contribution in [2.45, 2.75) is 20.3 Å². The minimum Gasteiger partial charge on any atom is -0.294 e. The molecule has 3 heteroatoms. The normalized spacial score (nSPS) is 10.5. The van der Waals surface area contributed by atoms with Gasteiger partial charge in [-0.15, -0.1) is 0 Å². The number of carbonyl (C=O) groups is 1. The van der Waals surface area contributed by atoms with Gasteiger partial charge in [-0.3, -0.25) is 4.79 Å². The molecule has 0 aliphatic rings. The molecule has 0 heterocycles. The van der Waals surface area contributed by atoms with E-state index in [4.69, 9.17) is 23.2 Å². The maximum atomic E-state index is 12.3. The van der Waals surface area contributed by atoms with Crippen LogP contribution in [0.25, 0.3) is 0 Å². The minimum atomic E-state index is -0.0162. The first-order chi connectivity index (χ1) is 8.95. The van der Waals surface area contributed by atoms with Crippen molar-refractivity contribution in [3.05, 3.63) is 68.7 Å². The zero-order chi connectivity index (χ0) is 14.0. The number of hydrogen-bond acceptors (Lipinski definition) is 1. The third-order valence-electron chi connectivity index (χ3n) is 2.87. The third kappa shape index (κ3) is 3.59. The first-order valence-electron chi connectivity index (χ1n) is 6.01. The van der Waals surface area contributed by atoms with Crippen molar-refractivity contribution >= 4 is 29.0 Å². The summed E-state index contributed by atoms with van der Waals surface area (Å²) in [7, 11) is 0. The van der Waals surface area contributed by atoms with Crippen molar-refractivity contribution in [1.29, 1.82) is 0 Å². The van der Waals surface area contributed by atoms with Gasteiger partial charge in [0, 0.05) is 17.0 Å². The third-order valence-corrected chi connectivity index (χ3v) is 3.44. The molecule has 0 unspecified atom stereocenters. The Bertz CT molecular complexity index is 612. The molecule has 1 nitrogen and oxygen atoms in total. The molecule has 0 aliphatic heterocycles. The van der Waals surface area contributed by atoms with Crippen LogP contribution >= 0.6 is 23.2 Å². The number of halogens is 2. The number of carbonyl (C=O) groups excluding carboxylic acids is 1. The van der Waals surface area contributed by atoms with Gasteiger partial charge in [0.15, 0.2) is 5.78 Å². The van der Waals surface area contributed by atoms with Gasteiger partial charge in [-0.25, -0.2) is 0 Å². The summed E-state index contributed by atoms with van der Waals surface area (Å²) in [6, 6.07) is 11.1. The van der Waals surface area contributed by atoms with E-state index in [0.717, 1.165) is 16.7 Å². The molecular weight excluding hydrogens is 279 g/mol. The predicted molar refractivity (Wildman–Crippen MR) is 80.4 cm³/mol. The highest BCUT2D eigenvalue weighted by atomic mass is 35.5. The summed E-state index contributed by atoms with van der Waals surface area (Å²) in [6.07, 6.45) is 0.336. The number of rotatable bonds is 3. The maximum Gasteiger partial charge on any atom is 0.168 e. The van der Waals surface area contributed by atoms with Gasteiger partial charge >= 0.3 is 0 Å². The first kappa shape index (κ1) is 14.1. The molecule has 19 heavy (non-hydrogen) atoms. The fourth-order valence-electron chi connectivity index (χ4n) is 2.16. The highest BCUT2D eigenvalue weighted by Crippen LogP contribution is 2.22. The fraction of sp³-hybridized carbons (Fsp3) is 0.188. The summed E-state index contributed by atoms with van der Waals surface area (Å²) in [5.41, 5.74) is 3.78. The zero-order valence-electron chi connectivity index (χ0n) is 10.8. The number of hydrogen-bond donors (Lipinski definition) is 0. The summed E-state index contributed by atoms with van der Waals surface area (Å²) in [5.74, 6) is -0.0162. The second kappa shape index (κ2) is 5.77. The Kier molecular flexibility index (Phi) is 4.28. The lowest BCUT2D eigenvalue weighted by Crippen LogP contribution is -2.05. The van der Waals surface area contributed by atoms with E-state index in [9.17, 15) is 4.79 Å². The predicted octanol–water partition coefficient (Wildman–Crippen LogP) is 5.04. The van der Waals surface area contributed by atoms with Gasteiger partial charge in [-0.2, -0.15) is 0 Å². The molecule has 0 bridgehead atoms. The van der Waals surface area contributed by atoms with Crippen LogP contribution in [0.4, 0.5) is 0 Å². The van der Waals surface area contributed by atoms with Crippen molar-refractivity contribution in [3.8, 4) is 0 Å². The van der Waals surface area contributed by atoms with Crippen LogP contribution in [0.15, 0.2) is 36.4 Å². The molecule has 2 aromatic carbocycles. The first-order valence-corrected chi connectivity index (χ1v) is 6.77. The monoisotopic (exact) mass is 292 g/mol. The largest absolute Gasteiger partial charge is 0.294 e. The van der Waals surface area contributed by atoms with E-state index < -0.39 is 0 Å². The Labute approximate surface area is 123 Å². The standard InChI is InChI=1S/C16H14Cl2O/c1-10-5-11(2)7-12(6-10)8-16(19)14-9-13(17)3-4-15(14)18/h3-7,9H,8H2,1-2H3. The van der Waals surface area contributed by atoms with E-state index in [-0.39, 0.29) is 5.78 Å². The number of Topliss-reactive ketones (excluding diaryl/α,β-unsaturated/α-hetero) is 1. The summed E-state index contributed by atoms with van der Waals surface area (Å²) in [4.78, 5) is 12.3. The van der Waals surface area contributed by atoms with Crippen LogP contribution < -0.4 is 0 Å². The van der Waals surface area contributed by atoms with Gasteiger partial charge in [-0.1, -0.05) is 52.5 Å². The van der Waals surface area contributed by atoms with Gasteiger partial charge in [0.1, 0.15) is 0 Å². The molecule has 0 saturated carbocycles. The summed E-state index contributed by atoms with van der Waals surface area (Å²) in [6.45, 7) is 4.04. The quantitative estimate of drug-likeness (QED) is 0.725. The van der Waals surface area contributed by atoms with Gasteiger partial charge in [0.2, 0.25) is 0 Å². The molecule has 0 atom stereocenters. The molecule has 0 aromatic heterocycles. The molecule has 2 aromatic rings. The lowest BCUT2D eigenvalue weighted by atomic mass is 10.00. The van der Waals surface area contributed by atoms with Gasteiger partial charge in [0.05, 0.1) is 5.02 Å². The summed E-state index contributed by atoms with van der Waals surface area (Å²) < 4.78 is 0. The molecule has 0 spiro atoms. The second-order valence-corrected chi connectivity index (χ2v) is 5.56. The molecule has 0 amide bonds. The molecule has 0 fully saturated rings. The Morgan fingerprint density at radius 1 is 1.00 bits per heavy atom. The van der Waals surface area contributed by atoms with E-state index in [1.165, 1.54) is 0 Å². The number of aryl methyl sites for hydroxylation is 2. The van der Waals surface area contributed by atoms with E-state index in [1.807, 2.05) is 26.0 Å². The topological polar surface area (TPSA) is 17.1 Å². The van der Waals surface area contributed by atoms with Crippen LogP contribution in [0.1, 0.15) is 27.0 Å². The van der Waals surface area contributed by atoms with Crippen LogP contribution in [-0.2, 0) is 6.42 Å². The fourth-order valence-corrected chi connectivity index (χ4v) is 2.56. The van der Waals surface area contributed by atoms with Crippen molar-refractivity contribution in [2.75, 3.05) is 0 Å². The molecule has 2 rings (SSSR count). The SMILES string of the molecule is Cc1cc(C)cc(CC(=O)c2cc(Cl)ccc2Cl)c1. The van der Waals surface area contributed by atoms with Crippen molar-refractivity contribution in [1.82, 2.24) is 0 Å². The lowest BCUT2D eigenvalue weighted by Gasteiger charge is -2.06. The second-order valence-electron chi connectivity index (χ2n) is 4.72. The molecule has 0 aliphatic carbocycles. The average Bonchev–Trinajstić information content (AvgIpc) is 2.30. The molecule has 0 N–H and O–H groups in total. The Balaban J connectivity index is 2.28. The van der Waals surface area contributed by atoms with E-state index in [1.54, 1.807) is 18.2 Å². The highest BCUT2D eigenvalue weighted by Gasteiger charge is 2.12. The maximum absolute atomic E-state index is 12.3. The Hall–Kier alpha value is -1.31. The van der Waals surface area contributed by atoms with E-state index in [0.29, 0.717) is 22.0 Å². The average molecular weight is 293 g/mol. The zero-order valence-corrected chi connectivity index (χ0v) is 12.3. The van der Waals surface area contributed by atoms with Gasteiger partial charge < -0.3 is 0 Å². The minimum absolute atomic E-state index is 0.0162. The number of benzene rings is 2. The molecule has 0 saturated heterocycles. The lowest BCUT2D eigenvalue weighted by molar-refractivity contribution is 0.0993. The van der Waals surface area contributed by atoms with Crippen LogP contribution in [0.5, 0.6) is 0 Å². The molecule has 0 radical (unpaired) electrons. The van der Waals surface area contributed by atoms with Crippen LogP contribution in [-0.4, -0.2) is 5.78 Å². The Morgan fingerprint density at radius 2 is 1.63 bits per heavy atom. The van der Waals surface area contributed by atoms with E-state index >= 15 is 0 Å². The van der Waals surface area contributed by atoms with E-state index in [2.05, 4.69) is 6.07 Å². The van der Waals surface area contributed by atoms with Crippen LogP contribution in [0.2, 0.25) is 10.0 Å². The van der Waals surface area contributed by atoms with Crippen molar-refractivity contribution < 1.29 is 4.79 Å².